The Labute approximate surface area is 508 Å². The molecule has 6 heteroatoms. The summed E-state index contributed by atoms with van der Waals surface area (Å²) in [4.78, 5) is 38.5. The Morgan fingerprint density at radius 3 is 0.756 bits per heavy atom. The lowest BCUT2D eigenvalue weighted by atomic mass is 10.0. The fourth-order valence-corrected chi connectivity index (χ4v) is 9.77. The standard InChI is InChI=1S/C76H130O6/c1-4-7-10-13-16-19-22-25-28-31-33-35-37-38-40-41-43-45-48-51-54-57-60-63-66-69-75(78)81-72-73(71-80-74(77)68-65-62-59-56-53-50-47-30-27-24-21-18-15-12-9-6-3)82-76(79)70-67-64-61-58-55-52-49-46-44-42-39-36-34-32-29-26-23-20-17-14-11-8-5-2/h7,10,16,19,21,23-26,28,30,32-35,39,42,47,73H,4-6,8-9,11-15,17-18,20,22,27,29,31,36-38,40-41,43-46,48-72H2,1-3H3/b10-7-,19-16-,24-21-,26-23-,28-25-,34-32-,35-33-,42-39-,47-30-. The first-order chi connectivity index (χ1) is 40.5. The molecule has 0 aromatic heterocycles. The van der Waals surface area contributed by atoms with Gasteiger partial charge in [0.1, 0.15) is 13.2 Å². The smallest absolute Gasteiger partial charge is 0.306 e. The van der Waals surface area contributed by atoms with E-state index in [9.17, 15) is 14.4 Å². The van der Waals surface area contributed by atoms with E-state index in [2.05, 4.69) is 130 Å². The zero-order valence-electron chi connectivity index (χ0n) is 54.0. The third kappa shape index (κ3) is 66.9. The molecule has 0 aromatic carbocycles. The van der Waals surface area contributed by atoms with Gasteiger partial charge in [-0.1, -0.05) is 297 Å². The Morgan fingerprint density at radius 1 is 0.256 bits per heavy atom. The second-order valence-electron chi connectivity index (χ2n) is 23.1. The van der Waals surface area contributed by atoms with Crippen molar-refractivity contribution in [1.82, 2.24) is 0 Å². The molecule has 0 rings (SSSR count). The van der Waals surface area contributed by atoms with Gasteiger partial charge in [0.2, 0.25) is 0 Å². The summed E-state index contributed by atoms with van der Waals surface area (Å²) in [5, 5.41) is 0. The molecule has 0 aliphatic heterocycles. The van der Waals surface area contributed by atoms with E-state index in [-0.39, 0.29) is 31.1 Å². The van der Waals surface area contributed by atoms with Gasteiger partial charge >= 0.3 is 17.9 Å². The van der Waals surface area contributed by atoms with Crippen LogP contribution in [0.5, 0.6) is 0 Å². The number of unbranched alkanes of at least 4 members (excludes halogenated alkanes) is 34. The van der Waals surface area contributed by atoms with Crippen LogP contribution in [0.4, 0.5) is 0 Å². The normalized spacial score (nSPS) is 12.8. The monoisotopic (exact) mass is 1140 g/mol. The highest BCUT2D eigenvalue weighted by molar-refractivity contribution is 5.71. The van der Waals surface area contributed by atoms with Gasteiger partial charge in [-0.15, -0.1) is 0 Å². The number of esters is 3. The van der Waals surface area contributed by atoms with Gasteiger partial charge < -0.3 is 14.2 Å². The lowest BCUT2D eigenvalue weighted by Crippen LogP contribution is -2.30. The number of hydrogen-bond acceptors (Lipinski definition) is 6. The number of allylic oxidation sites excluding steroid dienone is 18. The quantitative estimate of drug-likeness (QED) is 0.0261. The second kappa shape index (κ2) is 69.6. The van der Waals surface area contributed by atoms with Gasteiger partial charge in [-0.2, -0.15) is 0 Å². The average Bonchev–Trinajstić information content (AvgIpc) is 3.47. The van der Waals surface area contributed by atoms with Crippen LogP contribution in [0, 0.1) is 0 Å². The fourth-order valence-electron chi connectivity index (χ4n) is 9.77. The molecule has 0 aromatic rings. The first-order valence-corrected chi connectivity index (χ1v) is 34.9. The van der Waals surface area contributed by atoms with Crippen molar-refractivity contribution < 1.29 is 28.6 Å². The summed E-state index contributed by atoms with van der Waals surface area (Å²) in [6, 6.07) is 0. The minimum Gasteiger partial charge on any atom is -0.462 e. The molecule has 0 aliphatic carbocycles. The molecule has 1 atom stereocenters. The Morgan fingerprint density at radius 2 is 0.476 bits per heavy atom. The second-order valence-corrected chi connectivity index (χ2v) is 23.1. The highest BCUT2D eigenvalue weighted by Crippen LogP contribution is 2.16. The van der Waals surface area contributed by atoms with E-state index >= 15 is 0 Å². The lowest BCUT2D eigenvalue weighted by molar-refractivity contribution is -0.167. The van der Waals surface area contributed by atoms with Crippen molar-refractivity contribution in [3.8, 4) is 0 Å². The predicted octanol–water partition coefficient (Wildman–Crippen LogP) is 24.2. The molecule has 0 N–H and O–H groups in total. The van der Waals surface area contributed by atoms with Gasteiger partial charge in [0.05, 0.1) is 0 Å². The van der Waals surface area contributed by atoms with Crippen molar-refractivity contribution in [2.75, 3.05) is 13.2 Å². The van der Waals surface area contributed by atoms with Crippen LogP contribution in [0.3, 0.4) is 0 Å². The van der Waals surface area contributed by atoms with E-state index in [0.29, 0.717) is 19.3 Å². The number of hydrogen-bond donors (Lipinski definition) is 0. The molecule has 82 heavy (non-hydrogen) atoms. The van der Waals surface area contributed by atoms with Crippen LogP contribution in [0.1, 0.15) is 335 Å². The molecule has 1 unspecified atom stereocenters. The van der Waals surface area contributed by atoms with Crippen LogP contribution >= 0.6 is 0 Å². The maximum atomic E-state index is 13.0. The van der Waals surface area contributed by atoms with Crippen molar-refractivity contribution in [2.24, 2.45) is 0 Å². The molecule has 0 radical (unpaired) electrons. The number of carbonyl (C=O) groups excluding carboxylic acids is 3. The summed E-state index contributed by atoms with van der Waals surface area (Å²) in [5.74, 6) is -0.897. The lowest BCUT2D eigenvalue weighted by Gasteiger charge is -2.18. The zero-order chi connectivity index (χ0) is 59.2. The molecule has 0 saturated heterocycles. The van der Waals surface area contributed by atoms with Gasteiger partial charge in [0.15, 0.2) is 6.10 Å². The topological polar surface area (TPSA) is 78.9 Å². The SMILES string of the molecule is CC/C=C\C/C=C\C/C=C\C/C=C\CCCCCCCCCCCCCCC(=O)OCC(COC(=O)CCCCCCC/C=C\C/C=C\CCCCCC)OC(=O)CCCCCCCCCC/C=C\C/C=C\C/C=C\CCCCCCC. The molecular weight excluding hydrogens is 1010 g/mol. The van der Waals surface area contributed by atoms with E-state index in [1.165, 1.54) is 173 Å². The van der Waals surface area contributed by atoms with Crippen LogP contribution in [0.2, 0.25) is 0 Å². The maximum Gasteiger partial charge on any atom is 0.306 e. The largest absolute Gasteiger partial charge is 0.462 e. The van der Waals surface area contributed by atoms with Gasteiger partial charge in [0, 0.05) is 19.3 Å². The molecule has 0 saturated carbocycles. The minimum absolute atomic E-state index is 0.0863. The molecule has 0 spiro atoms. The first-order valence-electron chi connectivity index (χ1n) is 34.9. The van der Waals surface area contributed by atoms with E-state index in [4.69, 9.17) is 14.2 Å². The molecule has 0 amide bonds. The van der Waals surface area contributed by atoms with Crippen molar-refractivity contribution in [3.05, 3.63) is 109 Å². The van der Waals surface area contributed by atoms with Gasteiger partial charge in [0.25, 0.3) is 0 Å². The van der Waals surface area contributed by atoms with Crippen LogP contribution in [0.15, 0.2) is 109 Å². The van der Waals surface area contributed by atoms with Crippen molar-refractivity contribution >= 4 is 17.9 Å². The van der Waals surface area contributed by atoms with Crippen LogP contribution in [-0.4, -0.2) is 37.2 Å². The van der Waals surface area contributed by atoms with Crippen molar-refractivity contribution in [2.45, 2.75) is 341 Å². The van der Waals surface area contributed by atoms with Crippen molar-refractivity contribution in [3.63, 3.8) is 0 Å². The summed E-state index contributed by atoms with van der Waals surface area (Å²) < 4.78 is 17.0. The fraction of sp³-hybridized carbons (Fsp3) is 0.724. The summed E-state index contributed by atoms with van der Waals surface area (Å²) in [6.45, 7) is 6.51. The highest BCUT2D eigenvalue weighted by atomic mass is 16.6. The van der Waals surface area contributed by atoms with E-state index < -0.39 is 6.10 Å². The zero-order valence-corrected chi connectivity index (χ0v) is 54.0. The first kappa shape index (κ1) is 78.1. The molecule has 0 heterocycles. The maximum absolute atomic E-state index is 13.0. The Kier molecular flexibility index (Phi) is 66.2. The summed E-state index contributed by atoms with van der Waals surface area (Å²) in [6.07, 6.45) is 95.3. The molecule has 0 aliphatic rings. The summed E-state index contributed by atoms with van der Waals surface area (Å²) in [7, 11) is 0. The minimum atomic E-state index is -0.792. The van der Waals surface area contributed by atoms with E-state index in [0.717, 1.165) is 122 Å². The number of carbonyl (C=O) groups is 3. The Hall–Kier alpha value is -3.93. The van der Waals surface area contributed by atoms with Gasteiger partial charge in [-0.05, 0) is 128 Å². The molecule has 6 nitrogen and oxygen atoms in total. The summed E-state index contributed by atoms with van der Waals surface area (Å²) in [5.41, 5.74) is 0. The highest BCUT2D eigenvalue weighted by Gasteiger charge is 2.19. The molecule has 0 bridgehead atoms. The van der Waals surface area contributed by atoms with Crippen LogP contribution in [-0.2, 0) is 28.6 Å². The summed E-state index contributed by atoms with van der Waals surface area (Å²) >= 11 is 0. The Bertz CT molecular complexity index is 1640. The molecule has 470 valence electrons. The van der Waals surface area contributed by atoms with Gasteiger partial charge in [-0.25, -0.2) is 0 Å². The van der Waals surface area contributed by atoms with E-state index in [1.807, 2.05) is 0 Å². The van der Waals surface area contributed by atoms with Crippen LogP contribution < -0.4 is 0 Å². The number of ether oxygens (including phenoxy) is 3. The van der Waals surface area contributed by atoms with Crippen LogP contribution in [0.25, 0.3) is 0 Å². The predicted molar refractivity (Wildman–Crippen MR) is 357 cm³/mol. The third-order valence-corrected chi connectivity index (χ3v) is 15.0. The van der Waals surface area contributed by atoms with E-state index in [1.54, 1.807) is 0 Å². The third-order valence-electron chi connectivity index (χ3n) is 15.0. The van der Waals surface area contributed by atoms with Gasteiger partial charge in [-0.3, -0.25) is 14.4 Å². The average molecular weight is 1140 g/mol. The molecule has 0 fully saturated rings. The number of rotatable bonds is 63. The van der Waals surface area contributed by atoms with Crippen molar-refractivity contribution in [1.29, 1.82) is 0 Å². The Balaban J connectivity index is 4.38. The molecular formula is C76H130O6.